The van der Waals surface area contributed by atoms with Crippen LogP contribution in [0.4, 0.5) is 5.69 Å². The number of rotatable bonds is 3. The standard InChI is InChI=1S/C15H17NS/c1-11-3-4-13(9-12(11)2)10-17-15-7-5-14(16)6-8-15/h3-9H,10,16H2,1-2H3. The summed E-state index contributed by atoms with van der Waals surface area (Å²) in [7, 11) is 0. The number of nitrogens with two attached hydrogens (primary N) is 1. The summed E-state index contributed by atoms with van der Waals surface area (Å²) in [5.74, 6) is 1.00. The molecule has 2 rings (SSSR count). The summed E-state index contributed by atoms with van der Waals surface area (Å²) in [6, 6.07) is 14.7. The van der Waals surface area contributed by atoms with Gasteiger partial charge in [0.1, 0.15) is 0 Å². The van der Waals surface area contributed by atoms with E-state index in [1.165, 1.54) is 21.6 Å². The zero-order valence-electron chi connectivity index (χ0n) is 10.2. The fraction of sp³-hybridized carbons (Fsp3) is 0.200. The van der Waals surface area contributed by atoms with E-state index in [2.05, 4.69) is 44.2 Å². The summed E-state index contributed by atoms with van der Waals surface area (Å²) in [6.07, 6.45) is 0. The lowest BCUT2D eigenvalue weighted by molar-refractivity contribution is 1.28. The van der Waals surface area contributed by atoms with Crippen molar-refractivity contribution < 1.29 is 0 Å². The molecule has 0 fully saturated rings. The van der Waals surface area contributed by atoms with Gasteiger partial charge < -0.3 is 5.73 Å². The van der Waals surface area contributed by atoms with Crippen molar-refractivity contribution in [2.75, 3.05) is 5.73 Å². The van der Waals surface area contributed by atoms with Gasteiger partial charge in [-0.15, -0.1) is 11.8 Å². The van der Waals surface area contributed by atoms with Crippen LogP contribution in [0.15, 0.2) is 47.4 Å². The van der Waals surface area contributed by atoms with Crippen molar-refractivity contribution in [3.05, 3.63) is 59.2 Å². The maximum absolute atomic E-state index is 5.66. The van der Waals surface area contributed by atoms with Gasteiger partial charge in [0.05, 0.1) is 0 Å². The van der Waals surface area contributed by atoms with E-state index in [4.69, 9.17) is 5.73 Å². The van der Waals surface area contributed by atoms with E-state index in [1.54, 1.807) is 0 Å². The molecule has 0 bridgehead atoms. The number of aryl methyl sites for hydroxylation is 2. The summed E-state index contributed by atoms with van der Waals surface area (Å²) >= 11 is 1.84. The molecule has 2 heteroatoms. The molecule has 2 N–H and O–H groups in total. The maximum atomic E-state index is 5.66. The zero-order chi connectivity index (χ0) is 12.3. The number of thioether (sulfide) groups is 1. The number of benzene rings is 2. The van der Waals surface area contributed by atoms with Crippen LogP contribution in [0.3, 0.4) is 0 Å². The van der Waals surface area contributed by atoms with Gasteiger partial charge in [0.15, 0.2) is 0 Å². The molecule has 0 heterocycles. The van der Waals surface area contributed by atoms with E-state index in [-0.39, 0.29) is 0 Å². The van der Waals surface area contributed by atoms with Crippen molar-refractivity contribution in [3.63, 3.8) is 0 Å². The third kappa shape index (κ3) is 3.27. The third-order valence-electron chi connectivity index (χ3n) is 2.86. The molecule has 0 saturated carbocycles. The normalized spacial score (nSPS) is 10.5. The van der Waals surface area contributed by atoms with Gasteiger partial charge in [0.25, 0.3) is 0 Å². The Morgan fingerprint density at radius 2 is 1.65 bits per heavy atom. The van der Waals surface area contributed by atoms with Crippen molar-refractivity contribution in [2.24, 2.45) is 0 Å². The van der Waals surface area contributed by atoms with Crippen LogP contribution in [0.1, 0.15) is 16.7 Å². The van der Waals surface area contributed by atoms with E-state index in [9.17, 15) is 0 Å². The van der Waals surface area contributed by atoms with Crippen LogP contribution in [0.25, 0.3) is 0 Å². The highest BCUT2D eigenvalue weighted by Gasteiger charge is 1.98. The number of anilines is 1. The highest BCUT2D eigenvalue weighted by Crippen LogP contribution is 2.24. The van der Waals surface area contributed by atoms with Gasteiger partial charge >= 0.3 is 0 Å². The first-order chi connectivity index (χ1) is 8.15. The van der Waals surface area contributed by atoms with Crippen LogP contribution < -0.4 is 5.73 Å². The van der Waals surface area contributed by atoms with Crippen LogP contribution >= 0.6 is 11.8 Å². The smallest absolute Gasteiger partial charge is 0.0314 e. The summed E-state index contributed by atoms with van der Waals surface area (Å²) in [5, 5.41) is 0. The molecule has 0 saturated heterocycles. The Kier molecular flexibility index (Phi) is 3.75. The van der Waals surface area contributed by atoms with Crippen molar-refractivity contribution >= 4 is 17.4 Å². The first-order valence-corrected chi connectivity index (χ1v) is 6.68. The number of nitrogen functional groups attached to an aromatic ring is 1. The highest BCUT2D eigenvalue weighted by molar-refractivity contribution is 7.98. The van der Waals surface area contributed by atoms with Crippen LogP contribution in [-0.4, -0.2) is 0 Å². The highest BCUT2D eigenvalue weighted by atomic mass is 32.2. The van der Waals surface area contributed by atoms with Crippen LogP contribution in [0.2, 0.25) is 0 Å². The van der Waals surface area contributed by atoms with Gasteiger partial charge in [0.2, 0.25) is 0 Å². The molecular weight excluding hydrogens is 226 g/mol. The van der Waals surface area contributed by atoms with E-state index in [1.807, 2.05) is 23.9 Å². The minimum Gasteiger partial charge on any atom is -0.399 e. The van der Waals surface area contributed by atoms with Crippen LogP contribution in [-0.2, 0) is 5.75 Å². The second-order valence-electron chi connectivity index (χ2n) is 4.28. The average molecular weight is 243 g/mol. The average Bonchev–Trinajstić information content (AvgIpc) is 2.33. The molecular formula is C15H17NS. The molecule has 0 atom stereocenters. The Bertz CT molecular complexity index is 503. The Morgan fingerprint density at radius 3 is 2.29 bits per heavy atom. The molecule has 0 aliphatic carbocycles. The largest absolute Gasteiger partial charge is 0.399 e. The molecule has 0 aliphatic heterocycles. The molecule has 0 spiro atoms. The molecule has 0 amide bonds. The van der Waals surface area contributed by atoms with Gasteiger partial charge in [-0.2, -0.15) is 0 Å². The quantitative estimate of drug-likeness (QED) is 0.646. The molecule has 17 heavy (non-hydrogen) atoms. The van der Waals surface area contributed by atoms with E-state index in [0.717, 1.165) is 11.4 Å². The topological polar surface area (TPSA) is 26.0 Å². The molecule has 0 radical (unpaired) electrons. The molecule has 0 aliphatic rings. The van der Waals surface area contributed by atoms with Crippen molar-refractivity contribution in [2.45, 2.75) is 24.5 Å². The maximum Gasteiger partial charge on any atom is 0.0314 e. The Morgan fingerprint density at radius 1 is 0.941 bits per heavy atom. The van der Waals surface area contributed by atoms with Crippen LogP contribution in [0, 0.1) is 13.8 Å². The first-order valence-electron chi connectivity index (χ1n) is 5.69. The number of hydrogen-bond acceptors (Lipinski definition) is 2. The zero-order valence-corrected chi connectivity index (χ0v) is 11.1. The summed E-state index contributed by atoms with van der Waals surface area (Å²) in [4.78, 5) is 1.26. The summed E-state index contributed by atoms with van der Waals surface area (Å²) in [5.41, 5.74) is 10.6. The predicted octanol–water partition coefficient (Wildman–Crippen LogP) is 4.18. The molecule has 2 aromatic rings. The predicted molar refractivity (Wildman–Crippen MR) is 76.3 cm³/mol. The lowest BCUT2D eigenvalue weighted by atomic mass is 10.1. The fourth-order valence-electron chi connectivity index (χ4n) is 1.62. The lowest BCUT2D eigenvalue weighted by Gasteiger charge is -2.05. The van der Waals surface area contributed by atoms with E-state index in [0.29, 0.717) is 0 Å². The van der Waals surface area contributed by atoms with Crippen molar-refractivity contribution in [1.82, 2.24) is 0 Å². The monoisotopic (exact) mass is 243 g/mol. The van der Waals surface area contributed by atoms with Gasteiger partial charge in [-0.25, -0.2) is 0 Å². The second kappa shape index (κ2) is 5.28. The van der Waals surface area contributed by atoms with Gasteiger partial charge in [-0.05, 0) is 54.8 Å². The summed E-state index contributed by atoms with van der Waals surface area (Å²) in [6.45, 7) is 4.30. The molecule has 0 aromatic heterocycles. The minimum absolute atomic E-state index is 0.820. The Balaban J connectivity index is 2.02. The first kappa shape index (κ1) is 12.1. The molecule has 0 unspecified atom stereocenters. The van der Waals surface area contributed by atoms with Gasteiger partial charge in [-0.1, -0.05) is 18.2 Å². The Labute approximate surface area is 107 Å². The molecule has 88 valence electrons. The fourth-order valence-corrected chi connectivity index (χ4v) is 2.47. The summed E-state index contributed by atoms with van der Waals surface area (Å²) < 4.78 is 0. The lowest BCUT2D eigenvalue weighted by Crippen LogP contribution is -1.86. The Hall–Kier alpha value is -1.41. The van der Waals surface area contributed by atoms with Gasteiger partial charge in [0, 0.05) is 16.3 Å². The van der Waals surface area contributed by atoms with Crippen LogP contribution in [0.5, 0.6) is 0 Å². The van der Waals surface area contributed by atoms with Crippen molar-refractivity contribution in [3.8, 4) is 0 Å². The SMILES string of the molecule is Cc1ccc(CSc2ccc(N)cc2)cc1C. The van der Waals surface area contributed by atoms with E-state index >= 15 is 0 Å². The minimum atomic E-state index is 0.820. The van der Waals surface area contributed by atoms with Gasteiger partial charge in [-0.3, -0.25) is 0 Å². The molecule has 1 nitrogen and oxygen atoms in total. The van der Waals surface area contributed by atoms with E-state index < -0.39 is 0 Å². The van der Waals surface area contributed by atoms with Crippen molar-refractivity contribution in [1.29, 1.82) is 0 Å². The number of hydrogen-bond donors (Lipinski definition) is 1. The molecule has 2 aromatic carbocycles. The second-order valence-corrected chi connectivity index (χ2v) is 5.33. The third-order valence-corrected chi connectivity index (χ3v) is 3.94.